The van der Waals surface area contributed by atoms with Crippen LogP contribution in [0.15, 0.2) is 0 Å². The lowest BCUT2D eigenvalue weighted by molar-refractivity contribution is -0.135. The van der Waals surface area contributed by atoms with Gasteiger partial charge in [0, 0.05) is 13.5 Å². The number of hydrogen-bond donors (Lipinski definition) is 0. The molecule has 1 aliphatic rings. The van der Waals surface area contributed by atoms with Crippen molar-refractivity contribution in [2.24, 2.45) is 11.8 Å². The van der Waals surface area contributed by atoms with Gasteiger partial charge in [0.15, 0.2) is 0 Å². The molecule has 0 unspecified atom stereocenters. The smallest absolute Gasteiger partial charge is 0.416 e. The number of carbonyl (C=O) groups is 3. The standard InChI is InChI=1S/C15H25NO6/c1-10(2)12-8-21-15(19)16(12)14(18)6-5-11(3)13(7-17)22-9-20-4/h7,10-13H,5-6,8-9H2,1-4H3/t11-,12+,13+/m0/s1. The van der Waals surface area contributed by atoms with Crippen LogP contribution < -0.4 is 0 Å². The van der Waals surface area contributed by atoms with Gasteiger partial charge in [-0.05, 0) is 18.3 Å². The minimum absolute atomic E-state index is 0.0234. The summed E-state index contributed by atoms with van der Waals surface area (Å²) in [5.74, 6) is -0.280. The fourth-order valence-electron chi connectivity index (χ4n) is 2.33. The highest BCUT2D eigenvalue weighted by atomic mass is 16.7. The van der Waals surface area contributed by atoms with Crippen LogP contribution in [0.2, 0.25) is 0 Å². The Morgan fingerprint density at radius 3 is 2.68 bits per heavy atom. The molecule has 0 N–H and O–H groups in total. The molecular formula is C15H25NO6. The van der Waals surface area contributed by atoms with Crippen LogP contribution in [-0.2, 0) is 23.8 Å². The Hall–Kier alpha value is -1.47. The third-order valence-electron chi connectivity index (χ3n) is 3.83. The number of amides is 2. The Balaban J connectivity index is 2.53. The molecule has 0 saturated carbocycles. The summed E-state index contributed by atoms with van der Waals surface area (Å²) in [6, 6.07) is -0.220. The lowest BCUT2D eigenvalue weighted by Crippen LogP contribution is -2.42. The van der Waals surface area contributed by atoms with Crippen molar-refractivity contribution in [3.8, 4) is 0 Å². The maximum absolute atomic E-state index is 12.3. The number of aldehydes is 1. The summed E-state index contributed by atoms with van der Waals surface area (Å²) in [5, 5.41) is 0. The zero-order chi connectivity index (χ0) is 16.7. The van der Waals surface area contributed by atoms with E-state index in [-0.39, 0.29) is 43.6 Å². The zero-order valence-electron chi connectivity index (χ0n) is 13.6. The molecule has 2 amide bonds. The third-order valence-corrected chi connectivity index (χ3v) is 3.83. The molecule has 1 heterocycles. The molecule has 7 nitrogen and oxygen atoms in total. The Kier molecular flexibility index (Phi) is 7.47. The van der Waals surface area contributed by atoms with E-state index in [0.717, 1.165) is 0 Å². The van der Waals surface area contributed by atoms with Crippen molar-refractivity contribution in [2.45, 2.75) is 45.8 Å². The Morgan fingerprint density at radius 1 is 1.45 bits per heavy atom. The van der Waals surface area contributed by atoms with Crippen LogP contribution >= 0.6 is 0 Å². The second-order valence-corrected chi connectivity index (χ2v) is 5.84. The van der Waals surface area contributed by atoms with E-state index in [1.165, 1.54) is 12.0 Å². The molecule has 0 aromatic carbocycles. The molecule has 0 aromatic heterocycles. The van der Waals surface area contributed by atoms with Gasteiger partial charge in [-0.15, -0.1) is 0 Å². The first-order valence-electron chi connectivity index (χ1n) is 7.47. The molecule has 1 saturated heterocycles. The third kappa shape index (κ3) is 4.78. The van der Waals surface area contributed by atoms with Crippen molar-refractivity contribution in [2.75, 3.05) is 20.5 Å². The summed E-state index contributed by atoms with van der Waals surface area (Å²) in [6.45, 7) is 5.97. The molecule has 0 aliphatic carbocycles. The first kappa shape index (κ1) is 18.6. The maximum Gasteiger partial charge on any atom is 0.416 e. The largest absolute Gasteiger partial charge is 0.447 e. The van der Waals surface area contributed by atoms with Crippen molar-refractivity contribution in [3.63, 3.8) is 0 Å². The van der Waals surface area contributed by atoms with E-state index < -0.39 is 12.2 Å². The fraction of sp³-hybridized carbons (Fsp3) is 0.800. The SMILES string of the molecule is COCO[C@H](C=O)[C@@H](C)CCC(=O)N1C(=O)OC[C@@H]1C(C)C. The van der Waals surface area contributed by atoms with Crippen LogP contribution in [-0.4, -0.2) is 55.8 Å². The first-order valence-corrected chi connectivity index (χ1v) is 7.47. The summed E-state index contributed by atoms with van der Waals surface area (Å²) >= 11 is 0. The average molecular weight is 315 g/mol. The highest BCUT2D eigenvalue weighted by molar-refractivity contribution is 5.93. The number of imide groups is 1. The summed E-state index contributed by atoms with van der Waals surface area (Å²) in [5.41, 5.74) is 0. The van der Waals surface area contributed by atoms with E-state index in [4.69, 9.17) is 14.2 Å². The molecule has 7 heteroatoms. The van der Waals surface area contributed by atoms with Crippen LogP contribution in [0, 0.1) is 11.8 Å². The summed E-state index contributed by atoms with van der Waals surface area (Å²) in [7, 11) is 1.47. The molecule has 1 rings (SSSR count). The van der Waals surface area contributed by atoms with Gasteiger partial charge in [-0.1, -0.05) is 20.8 Å². The van der Waals surface area contributed by atoms with Crippen LogP contribution in [0.25, 0.3) is 0 Å². The Bertz CT molecular complexity index is 397. The van der Waals surface area contributed by atoms with Gasteiger partial charge in [0.1, 0.15) is 25.8 Å². The molecule has 0 radical (unpaired) electrons. The average Bonchev–Trinajstić information content (AvgIpc) is 2.87. The van der Waals surface area contributed by atoms with Crippen molar-refractivity contribution < 1.29 is 28.6 Å². The summed E-state index contributed by atoms with van der Waals surface area (Å²) in [6.07, 6.45) is 0.105. The van der Waals surface area contributed by atoms with Gasteiger partial charge in [0.25, 0.3) is 0 Å². The lowest BCUT2D eigenvalue weighted by atomic mass is 9.98. The predicted octanol–water partition coefficient (Wildman–Crippen LogP) is 1.59. The number of methoxy groups -OCH3 is 1. The fourth-order valence-corrected chi connectivity index (χ4v) is 2.33. The van der Waals surface area contributed by atoms with E-state index in [1.807, 2.05) is 20.8 Å². The lowest BCUT2D eigenvalue weighted by Gasteiger charge is -2.24. The van der Waals surface area contributed by atoms with Crippen LogP contribution in [0.5, 0.6) is 0 Å². The second kappa shape index (κ2) is 8.85. The molecule has 0 bridgehead atoms. The number of nitrogens with zero attached hydrogens (tertiary/aromatic N) is 1. The molecule has 3 atom stereocenters. The zero-order valence-corrected chi connectivity index (χ0v) is 13.6. The molecule has 126 valence electrons. The normalized spacial score (nSPS) is 20.9. The first-order chi connectivity index (χ1) is 10.4. The minimum atomic E-state index is -0.626. The van der Waals surface area contributed by atoms with E-state index in [9.17, 15) is 14.4 Å². The van der Waals surface area contributed by atoms with Crippen LogP contribution in [0.3, 0.4) is 0 Å². The molecule has 1 aliphatic heterocycles. The number of hydrogen-bond acceptors (Lipinski definition) is 6. The van der Waals surface area contributed by atoms with Gasteiger partial charge in [-0.2, -0.15) is 0 Å². The van der Waals surface area contributed by atoms with Gasteiger partial charge in [-0.3, -0.25) is 4.79 Å². The maximum atomic E-state index is 12.3. The van der Waals surface area contributed by atoms with Crippen LogP contribution in [0.4, 0.5) is 4.79 Å². The van der Waals surface area contributed by atoms with E-state index in [0.29, 0.717) is 12.7 Å². The Morgan fingerprint density at radius 2 is 2.14 bits per heavy atom. The van der Waals surface area contributed by atoms with Crippen molar-refractivity contribution in [1.29, 1.82) is 0 Å². The van der Waals surface area contributed by atoms with E-state index in [2.05, 4.69) is 0 Å². The highest BCUT2D eigenvalue weighted by Crippen LogP contribution is 2.22. The topological polar surface area (TPSA) is 82.1 Å². The highest BCUT2D eigenvalue weighted by Gasteiger charge is 2.39. The minimum Gasteiger partial charge on any atom is -0.447 e. The van der Waals surface area contributed by atoms with Crippen molar-refractivity contribution in [1.82, 2.24) is 4.90 Å². The second-order valence-electron chi connectivity index (χ2n) is 5.84. The predicted molar refractivity (Wildman–Crippen MR) is 78.0 cm³/mol. The van der Waals surface area contributed by atoms with E-state index >= 15 is 0 Å². The molecule has 0 aromatic rings. The van der Waals surface area contributed by atoms with Crippen molar-refractivity contribution in [3.05, 3.63) is 0 Å². The van der Waals surface area contributed by atoms with Crippen LogP contribution in [0.1, 0.15) is 33.6 Å². The molecule has 0 spiro atoms. The molecule has 1 fully saturated rings. The Labute approximate surface area is 130 Å². The summed E-state index contributed by atoms with van der Waals surface area (Å²) < 4.78 is 15.0. The number of ether oxygens (including phenoxy) is 3. The number of carbonyl (C=O) groups excluding carboxylic acids is 3. The molecule has 22 heavy (non-hydrogen) atoms. The van der Waals surface area contributed by atoms with Gasteiger partial charge >= 0.3 is 6.09 Å². The van der Waals surface area contributed by atoms with E-state index in [1.54, 1.807) is 0 Å². The van der Waals surface area contributed by atoms with Crippen molar-refractivity contribution >= 4 is 18.3 Å². The van der Waals surface area contributed by atoms with Gasteiger partial charge in [0.2, 0.25) is 5.91 Å². The quantitative estimate of drug-likeness (QED) is 0.475. The molecular weight excluding hydrogens is 290 g/mol. The van der Waals surface area contributed by atoms with Gasteiger partial charge in [-0.25, -0.2) is 9.69 Å². The summed E-state index contributed by atoms with van der Waals surface area (Å²) in [4.78, 5) is 36.2. The van der Waals surface area contributed by atoms with Gasteiger partial charge < -0.3 is 19.0 Å². The monoisotopic (exact) mass is 315 g/mol. The number of rotatable bonds is 9. The number of cyclic esters (lactones) is 1. The van der Waals surface area contributed by atoms with Gasteiger partial charge in [0.05, 0.1) is 6.04 Å².